The summed E-state index contributed by atoms with van der Waals surface area (Å²) in [6.07, 6.45) is 1.66. The Balaban J connectivity index is 2.24. The molecule has 0 aliphatic heterocycles. The molecule has 0 radical (unpaired) electrons. The van der Waals surface area contributed by atoms with Crippen LogP contribution >= 0.6 is 11.6 Å². The number of rotatable bonds is 5. The van der Waals surface area contributed by atoms with Crippen LogP contribution in [0.15, 0.2) is 30.5 Å². The molecule has 1 amide bonds. The maximum absolute atomic E-state index is 12.3. The molecule has 0 aliphatic carbocycles. The molecule has 20 heavy (non-hydrogen) atoms. The van der Waals surface area contributed by atoms with Gasteiger partial charge in [0.15, 0.2) is 0 Å². The van der Waals surface area contributed by atoms with Crippen molar-refractivity contribution in [1.82, 2.24) is 9.78 Å². The molecule has 0 aliphatic rings. The molecule has 0 bridgehead atoms. The molecule has 1 N–H and O–H groups in total. The monoisotopic (exact) mass is 293 g/mol. The van der Waals surface area contributed by atoms with Crippen LogP contribution in [0.25, 0.3) is 0 Å². The number of ether oxygens (including phenoxy) is 1. The van der Waals surface area contributed by atoms with Gasteiger partial charge in [-0.25, -0.2) is 0 Å². The van der Waals surface area contributed by atoms with Crippen molar-refractivity contribution in [3.05, 3.63) is 41.0 Å². The van der Waals surface area contributed by atoms with Gasteiger partial charge in [0.1, 0.15) is 5.56 Å². The molecule has 6 heteroatoms. The zero-order valence-corrected chi connectivity index (χ0v) is 12.1. The summed E-state index contributed by atoms with van der Waals surface area (Å²) in [6.45, 7) is 4.91. The second-order valence-corrected chi connectivity index (χ2v) is 4.48. The predicted octanol–water partition coefficient (Wildman–Crippen LogP) is 3.21. The van der Waals surface area contributed by atoms with Gasteiger partial charge in [-0.05, 0) is 26.0 Å². The molecule has 2 aromatic rings. The van der Waals surface area contributed by atoms with Gasteiger partial charge in [0, 0.05) is 12.7 Å². The van der Waals surface area contributed by atoms with E-state index in [0.717, 1.165) is 0 Å². The maximum Gasteiger partial charge on any atom is 0.262 e. The first kappa shape index (κ1) is 14.4. The minimum Gasteiger partial charge on any atom is -0.476 e. The Bertz CT molecular complexity index is 610. The standard InChI is InChI=1S/C14H16ClN3O2/c1-3-18-9-10(14(17-18)20-4-2)13(19)16-12-8-6-5-7-11(12)15/h5-9H,3-4H2,1-2H3,(H,16,19). The number of halogens is 1. The van der Waals surface area contributed by atoms with Crippen molar-refractivity contribution in [2.75, 3.05) is 11.9 Å². The van der Waals surface area contributed by atoms with Gasteiger partial charge in [-0.3, -0.25) is 9.48 Å². The lowest BCUT2D eigenvalue weighted by atomic mass is 10.2. The first-order valence-electron chi connectivity index (χ1n) is 6.41. The van der Waals surface area contributed by atoms with E-state index in [-0.39, 0.29) is 5.91 Å². The van der Waals surface area contributed by atoms with Crippen LogP contribution in [-0.4, -0.2) is 22.3 Å². The average Bonchev–Trinajstić information content (AvgIpc) is 2.85. The Morgan fingerprint density at radius 1 is 1.40 bits per heavy atom. The smallest absolute Gasteiger partial charge is 0.262 e. The number of benzene rings is 1. The summed E-state index contributed by atoms with van der Waals surface area (Å²) < 4.78 is 7.04. The topological polar surface area (TPSA) is 56.2 Å². The number of carbonyl (C=O) groups excluding carboxylic acids is 1. The first-order valence-corrected chi connectivity index (χ1v) is 6.79. The number of hydrogen-bond acceptors (Lipinski definition) is 3. The number of aromatic nitrogens is 2. The number of nitrogens with one attached hydrogen (secondary N) is 1. The van der Waals surface area contributed by atoms with Crippen LogP contribution < -0.4 is 10.1 Å². The summed E-state index contributed by atoms with van der Waals surface area (Å²) in [6, 6.07) is 7.07. The van der Waals surface area contributed by atoms with Crippen molar-refractivity contribution >= 4 is 23.2 Å². The van der Waals surface area contributed by atoms with E-state index in [2.05, 4.69) is 10.4 Å². The van der Waals surface area contributed by atoms with Crippen molar-refractivity contribution < 1.29 is 9.53 Å². The Kier molecular flexibility index (Phi) is 4.63. The summed E-state index contributed by atoms with van der Waals surface area (Å²) in [5.41, 5.74) is 0.958. The van der Waals surface area contributed by atoms with Crippen molar-refractivity contribution in [2.24, 2.45) is 0 Å². The molecule has 0 spiro atoms. The predicted molar refractivity (Wildman–Crippen MR) is 78.5 cm³/mol. The Hall–Kier alpha value is -2.01. The number of nitrogens with zero attached hydrogens (tertiary/aromatic N) is 2. The Morgan fingerprint density at radius 2 is 2.15 bits per heavy atom. The molecule has 1 heterocycles. The van der Waals surface area contributed by atoms with Crippen LogP contribution in [0.4, 0.5) is 5.69 Å². The fraction of sp³-hybridized carbons (Fsp3) is 0.286. The zero-order chi connectivity index (χ0) is 14.5. The van der Waals surface area contributed by atoms with Gasteiger partial charge in [-0.15, -0.1) is 5.10 Å². The van der Waals surface area contributed by atoms with Gasteiger partial charge in [0.2, 0.25) is 5.88 Å². The molecule has 1 aromatic heterocycles. The van der Waals surface area contributed by atoms with E-state index >= 15 is 0 Å². The summed E-state index contributed by atoms with van der Waals surface area (Å²) in [7, 11) is 0. The van der Waals surface area contributed by atoms with Crippen molar-refractivity contribution in [2.45, 2.75) is 20.4 Å². The van der Waals surface area contributed by atoms with E-state index in [4.69, 9.17) is 16.3 Å². The van der Waals surface area contributed by atoms with Gasteiger partial charge in [0.05, 0.1) is 17.3 Å². The lowest BCUT2D eigenvalue weighted by Gasteiger charge is -2.06. The van der Waals surface area contributed by atoms with Crippen LogP contribution in [0, 0.1) is 0 Å². The van der Waals surface area contributed by atoms with E-state index in [9.17, 15) is 4.79 Å². The molecule has 0 unspecified atom stereocenters. The summed E-state index contributed by atoms with van der Waals surface area (Å²) >= 11 is 6.02. The molecule has 1 aromatic carbocycles. The maximum atomic E-state index is 12.3. The van der Waals surface area contributed by atoms with Gasteiger partial charge >= 0.3 is 0 Å². The van der Waals surface area contributed by atoms with Gasteiger partial charge in [0.25, 0.3) is 5.91 Å². The number of aryl methyl sites for hydroxylation is 1. The first-order chi connectivity index (χ1) is 9.65. The Morgan fingerprint density at radius 3 is 2.80 bits per heavy atom. The molecule has 0 saturated carbocycles. The third-order valence-corrected chi connectivity index (χ3v) is 3.03. The normalized spacial score (nSPS) is 10.3. The van der Waals surface area contributed by atoms with Crippen molar-refractivity contribution in [3.8, 4) is 5.88 Å². The molecule has 5 nitrogen and oxygen atoms in total. The highest BCUT2D eigenvalue weighted by molar-refractivity contribution is 6.33. The van der Waals surface area contributed by atoms with Crippen LogP contribution in [0.3, 0.4) is 0 Å². The zero-order valence-electron chi connectivity index (χ0n) is 11.4. The van der Waals surface area contributed by atoms with Gasteiger partial charge in [-0.2, -0.15) is 0 Å². The van der Waals surface area contributed by atoms with E-state index in [1.807, 2.05) is 13.8 Å². The molecular weight excluding hydrogens is 278 g/mol. The van der Waals surface area contributed by atoms with Crippen molar-refractivity contribution in [1.29, 1.82) is 0 Å². The molecule has 0 saturated heterocycles. The molecule has 2 rings (SSSR count). The van der Waals surface area contributed by atoms with E-state index < -0.39 is 0 Å². The average molecular weight is 294 g/mol. The summed E-state index contributed by atoms with van der Waals surface area (Å²) in [5.74, 6) is 0.0418. The van der Waals surface area contributed by atoms with E-state index in [0.29, 0.717) is 35.3 Å². The number of anilines is 1. The lowest BCUT2D eigenvalue weighted by molar-refractivity contribution is 0.102. The molecule has 0 atom stereocenters. The number of carbonyl (C=O) groups is 1. The highest BCUT2D eigenvalue weighted by Gasteiger charge is 2.18. The van der Waals surface area contributed by atoms with Gasteiger partial charge in [-0.1, -0.05) is 23.7 Å². The highest BCUT2D eigenvalue weighted by Crippen LogP contribution is 2.23. The van der Waals surface area contributed by atoms with E-state index in [1.54, 1.807) is 35.1 Å². The van der Waals surface area contributed by atoms with Crippen LogP contribution in [0.2, 0.25) is 5.02 Å². The third-order valence-electron chi connectivity index (χ3n) is 2.70. The Labute approximate surface area is 122 Å². The minimum absolute atomic E-state index is 0.291. The third kappa shape index (κ3) is 3.11. The second kappa shape index (κ2) is 6.43. The number of hydrogen-bond donors (Lipinski definition) is 1. The van der Waals surface area contributed by atoms with Crippen LogP contribution in [0.1, 0.15) is 24.2 Å². The minimum atomic E-state index is -0.291. The molecule has 0 fully saturated rings. The fourth-order valence-corrected chi connectivity index (χ4v) is 1.90. The number of para-hydroxylation sites is 1. The quantitative estimate of drug-likeness (QED) is 0.921. The van der Waals surface area contributed by atoms with Crippen LogP contribution in [0.5, 0.6) is 5.88 Å². The summed E-state index contributed by atoms with van der Waals surface area (Å²) in [4.78, 5) is 12.3. The SMILES string of the molecule is CCOc1nn(CC)cc1C(=O)Nc1ccccc1Cl. The lowest BCUT2D eigenvalue weighted by Crippen LogP contribution is -2.13. The highest BCUT2D eigenvalue weighted by atomic mass is 35.5. The second-order valence-electron chi connectivity index (χ2n) is 4.07. The molecule has 106 valence electrons. The van der Waals surface area contributed by atoms with E-state index in [1.165, 1.54) is 0 Å². The number of amides is 1. The van der Waals surface area contributed by atoms with Crippen LogP contribution in [-0.2, 0) is 6.54 Å². The molecular formula is C14H16ClN3O2. The fourth-order valence-electron chi connectivity index (χ4n) is 1.72. The summed E-state index contributed by atoms with van der Waals surface area (Å²) in [5, 5.41) is 7.45. The van der Waals surface area contributed by atoms with Gasteiger partial charge < -0.3 is 10.1 Å². The largest absolute Gasteiger partial charge is 0.476 e. The van der Waals surface area contributed by atoms with Crippen molar-refractivity contribution in [3.63, 3.8) is 0 Å².